The maximum absolute atomic E-state index is 11.7. The number of rotatable bonds is 5. The number of ether oxygens (including phenoxy) is 2. The van der Waals surface area contributed by atoms with Gasteiger partial charge in [-0.3, -0.25) is 4.79 Å². The lowest BCUT2D eigenvalue weighted by atomic mass is 10.2. The molecular formula is C12H15N3O3. The normalized spacial score (nSPS) is 11.4. The molecule has 3 N–H and O–H groups in total. The average molecular weight is 249 g/mol. The molecule has 1 amide bonds. The molecule has 0 aliphatic carbocycles. The number of nitrogens with zero attached hydrogens (tertiary/aromatic N) is 1. The van der Waals surface area contributed by atoms with Crippen LogP contribution in [0.2, 0.25) is 0 Å². The van der Waals surface area contributed by atoms with Gasteiger partial charge in [-0.05, 0) is 12.1 Å². The van der Waals surface area contributed by atoms with Crippen LogP contribution in [0, 0.1) is 11.3 Å². The number of nitriles is 1. The second-order valence-corrected chi connectivity index (χ2v) is 3.58. The van der Waals surface area contributed by atoms with Crippen LogP contribution in [0.1, 0.15) is 5.56 Å². The Balaban J connectivity index is 2.84. The largest absolute Gasteiger partial charge is 0.495 e. The summed E-state index contributed by atoms with van der Waals surface area (Å²) in [6.07, 6.45) is 0. The second kappa shape index (κ2) is 6.59. The lowest BCUT2D eigenvalue weighted by Crippen LogP contribution is -2.39. The molecule has 0 heterocycles. The van der Waals surface area contributed by atoms with Gasteiger partial charge in [-0.1, -0.05) is 0 Å². The summed E-state index contributed by atoms with van der Waals surface area (Å²) >= 11 is 0. The van der Waals surface area contributed by atoms with E-state index >= 15 is 0 Å². The molecule has 0 saturated heterocycles. The number of nitrogens with two attached hydrogens (primary N) is 1. The van der Waals surface area contributed by atoms with Crippen LogP contribution in [-0.4, -0.2) is 32.8 Å². The predicted molar refractivity (Wildman–Crippen MR) is 66.2 cm³/mol. The van der Waals surface area contributed by atoms with Crippen molar-refractivity contribution in [2.24, 2.45) is 5.73 Å². The van der Waals surface area contributed by atoms with Crippen LogP contribution in [0.25, 0.3) is 0 Å². The van der Waals surface area contributed by atoms with E-state index in [1.807, 2.05) is 6.07 Å². The zero-order valence-electron chi connectivity index (χ0n) is 10.3. The molecule has 0 aliphatic heterocycles. The van der Waals surface area contributed by atoms with E-state index in [1.54, 1.807) is 12.1 Å². The Kier molecular flexibility index (Phi) is 5.11. The van der Waals surface area contributed by atoms with Crippen molar-refractivity contribution in [1.29, 1.82) is 5.26 Å². The molecule has 1 rings (SSSR count). The number of carbonyl (C=O) groups is 1. The van der Waals surface area contributed by atoms with E-state index in [2.05, 4.69) is 5.32 Å². The summed E-state index contributed by atoms with van der Waals surface area (Å²) in [4.78, 5) is 11.7. The molecule has 0 aliphatic rings. The van der Waals surface area contributed by atoms with Gasteiger partial charge in [0.15, 0.2) is 0 Å². The van der Waals surface area contributed by atoms with Gasteiger partial charge in [0.05, 0.1) is 31.0 Å². The lowest BCUT2D eigenvalue weighted by molar-refractivity contribution is -0.118. The Morgan fingerprint density at radius 2 is 2.28 bits per heavy atom. The highest BCUT2D eigenvalue weighted by Gasteiger charge is 2.15. The van der Waals surface area contributed by atoms with E-state index in [9.17, 15) is 4.79 Å². The molecule has 0 radical (unpaired) electrons. The summed E-state index contributed by atoms with van der Waals surface area (Å²) in [6.45, 7) is 0.129. The van der Waals surface area contributed by atoms with E-state index in [0.717, 1.165) is 0 Å². The Hall–Kier alpha value is -2.10. The highest BCUT2D eigenvalue weighted by Crippen LogP contribution is 2.25. The average Bonchev–Trinajstić information content (AvgIpc) is 2.39. The predicted octanol–water partition coefficient (Wildman–Crippen LogP) is 0.479. The standard InChI is InChI=1S/C12H15N3O3/c1-17-7-9(14)12(16)15-10-4-3-8(6-13)5-11(10)18-2/h3-5,9H,7,14H2,1-2H3,(H,15,16). The lowest BCUT2D eigenvalue weighted by Gasteiger charge is -2.13. The molecule has 0 bridgehead atoms. The number of methoxy groups -OCH3 is 2. The Morgan fingerprint density at radius 3 is 2.83 bits per heavy atom. The summed E-state index contributed by atoms with van der Waals surface area (Å²) in [7, 11) is 2.93. The van der Waals surface area contributed by atoms with E-state index < -0.39 is 6.04 Å². The maximum atomic E-state index is 11.7. The van der Waals surface area contributed by atoms with Crippen molar-refractivity contribution in [3.63, 3.8) is 0 Å². The summed E-state index contributed by atoms with van der Waals surface area (Å²) in [5, 5.41) is 11.4. The van der Waals surface area contributed by atoms with E-state index in [4.69, 9.17) is 20.5 Å². The third kappa shape index (κ3) is 3.45. The molecule has 18 heavy (non-hydrogen) atoms. The van der Waals surface area contributed by atoms with Crippen molar-refractivity contribution in [2.45, 2.75) is 6.04 Å². The SMILES string of the molecule is COCC(N)C(=O)Nc1ccc(C#N)cc1OC. The summed E-state index contributed by atoms with van der Waals surface area (Å²) < 4.78 is 9.89. The topological polar surface area (TPSA) is 97.4 Å². The molecule has 6 heteroatoms. The number of anilines is 1. The first-order valence-electron chi connectivity index (χ1n) is 5.26. The minimum absolute atomic E-state index is 0.129. The minimum Gasteiger partial charge on any atom is -0.495 e. The minimum atomic E-state index is -0.754. The van der Waals surface area contributed by atoms with Crippen molar-refractivity contribution < 1.29 is 14.3 Å². The zero-order chi connectivity index (χ0) is 13.5. The van der Waals surface area contributed by atoms with Gasteiger partial charge in [-0.2, -0.15) is 5.26 Å². The third-order valence-corrected chi connectivity index (χ3v) is 2.27. The fourth-order valence-corrected chi connectivity index (χ4v) is 1.34. The van der Waals surface area contributed by atoms with Crippen molar-refractivity contribution in [3.8, 4) is 11.8 Å². The Bertz CT molecular complexity index is 468. The number of benzene rings is 1. The summed E-state index contributed by atoms with van der Waals surface area (Å²) in [5.74, 6) is 0.0341. The van der Waals surface area contributed by atoms with Crippen molar-refractivity contribution >= 4 is 11.6 Å². The van der Waals surface area contributed by atoms with Crippen LogP contribution in [0.5, 0.6) is 5.75 Å². The molecular weight excluding hydrogens is 234 g/mol. The number of hydrogen-bond donors (Lipinski definition) is 2. The van der Waals surface area contributed by atoms with Gasteiger partial charge in [-0.25, -0.2) is 0 Å². The molecule has 0 aromatic heterocycles. The van der Waals surface area contributed by atoms with E-state index in [1.165, 1.54) is 20.3 Å². The van der Waals surface area contributed by atoms with Crippen LogP contribution < -0.4 is 15.8 Å². The van der Waals surface area contributed by atoms with E-state index in [0.29, 0.717) is 17.0 Å². The first-order valence-corrected chi connectivity index (χ1v) is 5.26. The summed E-state index contributed by atoms with van der Waals surface area (Å²) in [6, 6.07) is 5.95. The summed E-state index contributed by atoms with van der Waals surface area (Å²) in [5.41, 5.74) is 6.51. The Labute approximate surface area is 105 Å². The van der Waals surface area contributed by atoms with Crippen LogP contribution in [-0.2, 0) is 9.53 Å². The zero-order valence-corrected chi connectivity index (χ0v) is 10.3. The van der Waals surface area contributed by atoms with Gasteiger partial charge in [-0.15, -0.1) is 0 Å². The maximum Gasteiger partial charge on any atom is 0.243 e. The molecule has 1 atom stereocenters. The highest BCUT2D eigenvalue weighted by atomic mass is 16.5. The quantitative estimate of drug-likeness (QED) is 0.791. The van der Waals surface area contributed by atoms with Gasteiger partial charge < -0.3 is 20.5 Å². The monoisotopic (exact) mass is 249 g/mol. The number of amides is 1. The molecule has 1 unspecified atom stereocenters. The number of carbonyl (C=O) groups excluding carboxylic acids is 1. The van der Waals surface area contributed by atoms with Crippen molar-refractivity contribution in [2.75, 3.05) is 26.1 Å². The van der Waals surface area contributed by atoms with E-state index in [-0.39, 0.29) is 12.5 Å². The van der Waals surface area contributed by atoms with Crippen LogP contribution >= 0.6 is 0 Å². The van der Waals surface area contributed by atoms with Crippen LogP contribution in [0.3, 0.4) is 0 Å². The fourth-order valence-electron chi connectivity index (χ4n) is 1.34. The molecule has 0 fully saturated rings. The molecule has 6 nitrogen and oxygen atoms in total. The first-order chi connectivity index (χ1) is 8.62. The Morgan fingerprint density at radius 1 is 1.56 bits per heavy atom. The van der Waals surface area contributed by atoms with Gasteiger partial charge in [0, 0.05) is 13.2 Å². The van der Waals surface area contributed by atoms with Crippen molar-refractivity contribution in [3.05, 3.63) is 23.8 Å². The number of hydrogen-bond acceptors (Lipinski definition) is 5. The highest BCUT2D eigenvalue weighted by molar-refractivity contribution is 5.96. The van der Waals surface area contributed by atoms with Gasteiger partial charge in [0.1, 0.15) is 11.8 Å². The van der Waals surface area contributed by atoms with Gasteiger partial charge >= 0.3 is 0 Å². The van der Waals surface area contributed by atoms with Crippen LogP contribution in [0.15, 0.2) is 18.2 Å². The molecule has 1 aromatic rings. The first kappa shape index (κ1) is 14.0. The van der Waals surface area contributed by atoms with Crippen molar-refractivity contribution in [1.82, 2.24) is 0 Å². The van der Waals surface area contributed by atoms with Crippen LogP contribution in [0.4, 0.5) is 5.69 Å². The molecule has 0 spiro atoms. The second-order valence-electron chi connectivity index (χ2n) is 3.58. The smallest absolute Gasteiger partial charge is 0.243 e. The molecule has 1 aromatic carbocycles. The third-order valence-electron chi connectivity index (χ3n) is 2.27. The fraction of sp³-hybridized carbons (Fsp3) is 0.333. The van der Waals surface area contributed by atoms with Gasteiger partial charge in [0.2, 0.25) is 5.91 Å². The molecule has 96 valence electrons. The molecule has 0 saturated carbocycles. The number of nitrogens with one attached hydrogen (secondary N) is 1. The van der Waals surface area contributed by atoms with Gasteiger partial charge in [0.25, 0.3) is 0 Å².